The van der Waals surface area contributed by atoms with Gasteiger partial charge in [-0.05, 0) is 34.0 Å². The van der Waals surface area contributed by atoms with Gasteiger partial charge in [0.05, 0.1) is 34.1 Å². The normalized spacial score (nSPS) is 21.8. The molecule has 1 fully saturated rings. The number of anilines is 2. The number of hydrogen-bond acceptors (Lipinski definition) is 5. The zero-order valence-corrected chi connectivity index (χ0v) is 22.7. The van der Waals surface area contributed by atoms with E-state index in [1.54, 1.807) is 17.9 Å². The molecule has 2 unspecified atom stereocenters. The van der Waals surface area contributed by atoms with Gasteiger partial charge in [0.25, 0.3) is 11.5 Å². The second-order valence-electron chi connectivity index (χ2n) is 8.37. The Morgan fingerprint density at radius 3 is 2.55 bits per heavy atom. The van der Waals surface area contributed by atoms with Crippen LogP contribution in [-0.2, 0) is 4.79 Å². The molecule has 4 rings (SSSR count). The molecular formula is C20H23ClFI2N5O2. The lowest BCUT2D eigenvalue weighted by Gasteiger charge is -2.49. The first kappa shape index (κ1) is 23.5. The van der Waals surface area contributed by atoms with Crippen LogP contribution in [0.5, 0.6) is 0 Å². The number of fused-ring (bicyclic) bond motifs is 5. The molecule has 3 heterocycles. The van der Waals surface area contributed by atoms with Gasteiger partial charge in [0.1, 0.15) is 11.7 Å². The maximum absolute atomic E-state index is 15.3. The highest BCUT2D eigenvalue weighted by molar-refractivity contribution is 14.1. The van der Waals surface area contributed by atoms with Crippen LogP contribution in [0.25, 0.3) is 10.9 Å². The molecule has 2 atom stereocenters. The standard InChI is InChI=1S/C20H23ClFI2N5O2/c1-10-8-27-14(9-28(10)23)19(30)26(6-5-25(3)4)18-17(27)12-7-13(21)11(2)15(22)16(12)29(24)20(18)31/h7,10,14H,5-6,8-9H2,1-4H3. The third-order valence-electron chi connectivity index (χ3n) is 6.02. The fraction of sp³-hybridized carbons (Fsp3) is 0.500. The van der Waals surface area contributed by atoms with E-state index in [1.807, 2.05) is 46.8 Å². The number of likely N-dealkylation sites (N-methyl/N-ethyl adjacent to an activating group) is 1. The van der Waals surface area contributed by atoms with E-state index >= 15 is 4.39 Å². The van der Waals surface area contributed by atoms with E-state index in [4.69, 9.17) is 11.6 Å². The molecule has 0 radical (unpaired) electrons. The van der Waals surface area contributed by atoms with Gasteiger partial charge in [-0.15, -0.1) is 0 Å². The summed E-state index contributed by atoms with van der Waals surface area (Å²) in [7, 11) is 3.84. The smallest absolute Gasteiger partial charge is 0.286 e. The van der Waals surface area contributed by atoms with Crippen molar-refractivity contribution >= 4 is 85.5 Å². The summed E-state index contributed by atoms with van der Waals surface area (Å²) in [5.74, 6) is -0.611. The Kier molecular flexibility index (Phi) is 6.49. The average molecular weight is 674 g/mol. The summed E-state index contributed by atoms with van der Waals surface area (Å²) in [6, 6.07) is 1.44. The molecular weight excluding hydrogens is 651 g/mol. The van der Waals surface area contributed by atoms with Crippen LogP contribution in [0.1, 0.15) is 12.5 Å². The Labute approximate surface area is 213 Å². The minimum atomic E-state index is -0.509. The molecule has 2 aliphatic heterocycles. The Morgan fingerprint density at radius 2 is 1.90 bits per heavy atom. The molecule has 1 aromatic heterocycles. The zero-order chi connectivity index (χ0) is 22.8. The van der Waals surface area contributed by atoms with Crippen LogP contribution < -0.4 is 15.4 Å². The molecule has 31 heavy (non-hydrogen) atoms. The lowest BCUT2D eigenvalue weighted by atomic mass is 9.98. The monoisotopic (exact) mass is 673 g/mol. The number of piperazine rings is 1. The average Bonchev–Trinajstić information content (AvgIpc) is 2.70. The number of pyridine rings is 1. The summed E-state index contributed by atoms with van der Waals surface area (Å²) in [4.78, 5) is 32.6. The predicted octanol–water partition coefficient (Wildman–Crippen LogP) is 3.44. The molecule has 0 aliphatic carbocycles. The molecule has 2 aromatic rings. The summed E-state index contributed by atoms with van der Waals surface area (Å²) < 4.78 is 18.7. The van der Waals surface area contributed by atoms with Crippen molar-refractivity contribution in [1.82, 2.24) is 10.8 Å². The lowest BCUT2D eigenvalue weighted by molar-refractivity contribution is -0.120. The van der Waals surface area contributed by atoms with Gasteiger partial charge >= 0.3 is 0 Å². The molecule has 1 saturated heterocycles. The molecule has 1 aromatic carbocycles. The SMILES string of the molecule is Cc1c(Cl)cc2c3c(c(=O)n(I)c2c1F)N(CCN(C)C)C(=O)C1CN(I)C(C)CN31. The van der Waals surface area contributed by atoms with E-state index in [0.29, 0.717) is 53.5 Å². The molecule has 1 amide bonds. The third kappa shape index (κ3) is 3.75. The van der Waals surface area contributed by atoms with Crippen molar-refractivity contribution in [3.05, 3.63) is 32.8 Å². The molecule has 168 valence electrons. The van der Waals surface area contributed by atoms with Crippen molar-refractivity contribution in [1.29, 1.82) is 0 Å². The molecule has 0 bridgehead atoms. The van der Waals surface area contributed by atoms with Crippen LogP contribution in [0, 0.1) is 12.7 Å². The van der Waals surface area contributed by atoms with Crippen molar-refractivity contribution in [3.63, 3.8) is 0 Å². The fourth-order valence-corrected chi connectivity index (χ4v) is 5.69. The number of benzene rings is 1. The molecule has 0 N–H and O–H groups in total. The fourth-order valence-electron chi connectivity index (χ4n) is 4.25. The van der Waals surface area contributed by atoms with Crippen molar-refractivity contribution in [3.8, 4) is 0 Å². The Balaban J connectivity index is 2.07. The zero-order valence-electron chi connectivity index (χ0n) is 17.6. The Morgan fingerprint density at radius 1 is 1.23 bits per heavy atom. The maximum Gasteiger partial charge on any atom is 0.286 e. The molecule has 11 heteroatoms. The first-order valence-electron chi connectivity index (χ1n) is 9.93. The maximum atomic E-state index is 15.3. The van der Waals surface area contributed by atoms with Crippen LogP contribution in [0.3, 0.4) is 0 Å². The number of carbonyl (C=O) groups excluding carboxylic acids is 1. The highest BCUT2D eigenvalue weighted by Gasteiger charge is 2.45. The van der Waals surface area contributed by atoms with E-state index in [2.05, 4.69) is 32.9 Å². The third-order valence-corrected chi connectivity index (χ3v) is 8.68. The minimum Gasteiger partial charge on any atom is -0.354 e. The van der Waals surface area contributed by atoms with Crippen molar-refractivity contribution in [2.45, 2.75) is 25.9 Å². The molecule has 0 spiro atoms. The second-order valence-corrected chi connectivity index (χ2v) is 11.0. The lowest BCUT2D eigenvalue weighted by Crippen LogP contribution is -2.64. The van der Waals surface area contributed by atoms with Gasteiger partial charge in [0.15, 0.2) is 5.82 Å². The number of carbonyl (C=O) groups is 1. The van der Waals surface area contributed by atoms with E-state index < -0.39 is 11.9 Å². The first-order chi connectivity index (χ1) is 14.5. The Bertz CT molecular complexity index is 1140. The quantitative estimate of drug-likeness (QED) is 0.370. The summed E-state index contributed by atoms with van der Waals surface area (Å²) in [5.41, 5.74) is 1.03. The van der Waals surface area contributed by atoms with Crippen LogP contribution in [0.15, 0.2) is 10.9 Å². The van der Waals surface area contributed by atoms with Gasteiger partial charge in [-0.3, -0.25) is 9.59 Å². The second kappa shape index (κ2) is 8.58. The highest BCUT2D eigenvalue weighted by atomic mass is 127. The van der Waals surface area contributed by atoms with E-state index in [1.165, 1.54) is 2.78 Å². The minimum absolute atomic E-state index is 0.102. The topological polar surface area (TPSA) is 52.0 Å². The Hall–Kier alpha value is -0.700. The number of nitrogens with zero attached hydrogens (tertiary/aromatic N) is 5. The van der Waals surface area contributed by atoms with Crippen LogP contribution >= 0.6 is 57.3 Å². The number of hydrogen-bond donors (Lipinski definition) is 0. The summed E-state index contributed by atoms with van der Waals surface area (Å²) in [6.07, 6.45) is 0. The molecule has 0 saturated carbocycles. The van der Waals surface area contributed by atoms with Gasteiger partial charge in [-0.2, -0.15) is 0 Å². The number of halogens is 4. The largest absolute Gasteiger partial charge is 0.354 e. The van der Waals surface area contributed by atoms with Gasteiger partial charge in [-0.25, -0.2) is 10.3 Å². The summed E-state index contributed by atoms with van der Waals surface area (Å²) >= 11 is 10.4. The summed E-state index contributed by atoms with van der Waals surface area (Å²) in [5, 5.41) is 0.856. The van der Waals surface area contributed by atoms with E-state index in [9.17, 15) is 9.59 Å². The van der Waals surface area contributed by atoms with Crippen LogP contribution in [0.2, 0.25) is 5.02 Å². The summed E-state index contributed by atoms with van der Waals surface area (Å²) in [6.45, 7) is 5.73. The van der Waals surface area contributed by atoms with Crippen LogP contribution in [-0.4, -0.2) is 69.1 Å². The van der Waals surface area contributed by atoms with Gasteiger partial charge < -0.3 is 14.7 Å². The van der Waals surface area contributed by atoms with Crippen molar-refractivity contribution < 1.29 is 9.18 Å². The van der Waals surface area contributed by atoms with Crippen LogP contribution in [0.4, 0.5) is 15.8 Å². The van der Waals surface area contributed by atoms with Gasteiger partial charge in [0, 0.05) is 71.1 Å². The number of rotatable bonds is 3. The van der Waals surface area contributed by atoms with E-state index in [0.717, 1.165) is 0 Å². The van der Waals surface area contributed by atoms with E-state index in [-0.39, 0.29) is 23.0 Å². The molecule has 2 aliphatic rings. The van der Waals surface area contributed by atoms with Gasteiger partial charge in [0.2, 0.25) is 0 Å². The number of aromatic nitrogens is 1. The molecule has 7 nitrogen and oxygen atoms in total. The number of amides is 1. The highest BCUT2D eigenvalue weighted by Crippen LogP contribution is 2.44. The van der Waals surface area contributed by atoms with Crippen molar-refractivity contribution in [2.24, 2.45) is 0 Å². The first-order valence-corrected chi connectivity index (χ1v) is 12.2. The van der Waals surface area contributed by atoms with Crippen molar-refractivity contribution in [2.75, 3.05) is 50.1 Å². The van der Waals surface area contributed by atoms with Gasteiger partial charge in [-0.1, -0.05) is 11.6 Å². The predicted molar refractivity (Wildman–Crippen MR) is 140 cm³/mol.